The van der Waals surface area contributed by atoms with Crippen molar-refractivity contribution in [3.05, 3.63) is 45.7 Å². The number of aromatic nitrogens is 1. The second-order valence-corrected chi connectivity index (χ2v) is 8.65. The highest BCUT2D eigenvalue weighted by atomic mass is 35.5. The van der Waals surface area contributed by atoms with Gasteiger partial charge in [-0.1, -0.05) is 11.6 Å². The SMILES string of the molecule is O=C(Nc1nc(C(=O)N2CCC(N3CCCC3)CC2)cs1)c1ccc(F)c(Cl)c1. The fraction of sp³-hybridized carbons (Fsp3) is 0.450. The highest BCUT2D eigenvalue weighted by Crippen LogP contribution is 2.24. The quantitative estimate of drug-likeness (QED) is 0.789. The van der Waals surface area contributed by atoms with Crippen LogP contribution in [-0.4, -0.2) is 58.8 Å². The molecular weight excluding hydrogens is 415 g/mol. The molecule has 0 bridgehead atoms. The van der Waals surface area contributed by atoms with Crippen LogP contribution >= 0.6 is 22.9 Å². The minimum absolute atomic E-state index is 0.105. The minimum atomic E-state index is -0.584. The van der Waals surface area contributed by atoms with Gasteiger partial charge < -0.3 is 9.80 Å². The van der Waals surface area contributed by atoms with Crippen molar-refractivity contribution in [3.63, 3.8) is 0 Å². The fourth-order valence-electron chi connectivity index (χ4n) is 3.94. The molecule has 154 valence electrons. The highest BCUT2D eigenvalue weighted by molar-refractivity contribution is 7.14. The number of nitrogens with zero attached hydrogens (tertiary/aromatic N) is 3. The Morgan fingerprint density at radius 3 is 2.59 bits per heavy atom. The first kappa shape index (κ1) is 20.3. The van der Waals surface area contributed by atoms with Gasteiger partial charge in [-0.2, -0.15) is 0 Å². The Morgan fingerprint density at radius 1 is 1.17 bits per heavy atom. The van der Waals surface area contributed by atoms with Crippen LogP contribution < -0.4 is 5.32 Å². The Balaban J connectivity index is 1.34. The molecule has 1 aromatic carbocycles. The highest BCUT2D eigenvalue weighted by Gasteiger charge is 2.29. The number of hydrogen-bond donors (Lipinski definition) is 1. The van der Waals surface area contributed by atoms with Gasteiger partial charge in [-0.25, -0.2) is 9.37 Å². The number of hydrogen-bond acceptors (Lipinski definition) is 5. The van der Waals surface area contributed by atoms with Crippen LogP contribution in [0.25, 0.3) is 0 Å². The molecule has 2 aromatic rings. The molecular formula is C20H22ClFN4O2S. The number of amides is 2. The molecule has 2 aliphatic heterocycles. The van der Waals surface area contributed by atoms with Gasteiger partial charge in [-0.15, -0.1) is 11.3 Å². The lowest BCUT2D eigenvalue weighted by Gasteiger charge is -2.36. The Morgan fingerprint density at radius 2 is 1.90 bits per heavy atom. The number of likely N-dealkylation sites (tertiary alicyclic amines) is 2. The number of carbonyl (C=O) groups is 2. The zero-order chi connectivity index (χ0) is 20.4. The standard InChI is InChI=1S/C20H22ClFN4O2S/c21-15-11-13(3-4-16(15)22)18(27)24-20-23-17(12-29-20)19(28)26-9-5-14(6-10-26)25-7-1-2-8-25/h3-4,11-12,14H,1-2,5-10H2,(H,23,24,27). The molecule has 4 rings (SSSR count). The molecule has 2 amide bonds. The number of anilines is 1. The van der Waals surface area contributed by atoms with Crippen LogP contribution in [0.3, 0.4) is 0 Å². The summed E-state index contributed by atoms with van der Waals surface area (Å²) in [6, 6.07) is 4.33. The predicted octanol–water partition coefficient (Wildman–Crippen LogP) is 3.89. The van der Waals surface area contributed by atoms with Crippen molar-refractivity contribution < 1.29 is 14.0 Å². The van der Waals surface area contributed by atoms with Crippen molar-refractivity contribution in [2.75, 3.05) is 31.5 Å². The summed E-state index contributed by atoms with van der Waals surface area (Å²) in [7, 11) is 0. The maximum atomic E-state index is 13.3. The molecule has 6 nitrogen and oxygen atoms in total. The summed E-state index contributed by atoms with van der Waals surface area (Å²) < 4.78 is 13.3. The first-order chi connectivity index (χ1) is 14.0. The average molecular weight is 437 g/mol. The zero-order valence-corrected chi connectivity index (χ0v) is 17.4. The number of carbonyl (C=O) groups excluding carboxylic acids is 2. The zero-order valence-electron chi connectivity index (χ0n) is 15.9. The molecule has 0 saturated carbocycles. The van der Waals surface area contributed by atoms with Crippen molar-refractivity contribution >= 4 is 39.9 Å². The van der Waals surface area contributed by atoms with E-state index in [1.807, 2.05) is 4.90 Å². The van der Waals surface area contributed by atoms with Gasteiger partial charge in [0.2, 0.25) is 0 Å². The number of nitrogens with one attached hydrogen (secondary N) is 1. The smallest absolute Gasteiger partial charge is 0.273 e. The van der Waals surface area contributed by atoms with Crippen LogP contribution in [0.5, 0.6) is 0 Å². The lowest BCUT2D eigenvalue weighted by atomic mass is 10.0. The average Bonchev–Trinajstić information content (AvgIpc) is 3.42. The van der Waals surface area contributed by atoms with Crippen LogP contribution in [0.4, 0.5) is 9.52 Å². The molecule has 2 saturated heterocycles. The number of rotatable bonds is 4. The summed E-state index contributed by atoms with van der Waals surface area (Å²) in [6.45, 7) is 3.81. The lowest BCUT2D eigenvalue weighted by Crippen LogP contribution is -2.46. The minimum Gasteiger partial charge on any atom is -0.337 e. The third-order valence-electron chi connectivity index (χ3n) is 5.53. The van der Waals surface area contributed by atoms with E-state index in [4.69, 9.17) is 11.6 Å². The van der Waals surface area contributed by atoms with E-state index in [0.717, 1.165) is 32.0 Å². The molecule has 0 unspecified atom stereocenters. The maximum Gasteiger partial charge on any atom is 0.273 e. The Kier molecular flexibility index (Phi) is 6.12. The first-order valence-electron chi connectivity index (χ1n) is 9.76. The van der Waals surface area contributed by atoms with E-state index in [0.29, 0.717) is 16.9 Å². The molecule has 1 aromatic heterocycles. The topological polar surface area (TPSA) is 65.5 Å². The maximum absolute atomic E-state index is 13.3. The fourth-order valence-corrected chi connectivity index (χ4v) is 4.80. The summed E-state index contributed by atoms with van der Waals surface area (Å²) in [5.41, 5.74) is 0.561. The molecule has 3 heterocycles. The van der Waals surface area contributed by atoms with Crippen LogP contribution in [0.1, 0.15) is 46.5 Å². The number of benzene rings is 1. The monoisotopic (exact) mass is 436 g/mol. The molecule has 9 heteroatoms. The number of halogens is 2. The molecule has 2 aliphatic rings. The third-order valence-corrected chi connectivity index (χ3v) is 6.58. The second kappa shape index (κ2) is 8.77. The van der Waals surface area contributed by atoms with Gasteiger partial charge in [-0.3, -0.25) is 14.9 Å². The summed E-state index contributed by atoms with van der Waals surface area (Å²) in [5.74, 6) is -1.14. The van der Waals surface area contributed by atoms with Crippen molar-refractivity contribution in [1.82, 2.24) is 14.8 Å². The molecule has 0 atom stereocenters. The van der Waals surface area contributed by atoms with Crippen LogP contribution in [-0.2, 0) is 0 Å². The van der Waals surface area contributed by atoms with Crippen LogP contribution in [0.15, 0.2) is 23.6 Å². The van der Waals surface area contributed by atoms with Gasteiger partial charge in [0.05, 0.1) is 5.02 Å². The largest absolute Gasteiger partial charge is 0.337 e. The summed E-state index contributed by atoms with van der Waals surface area (Å²) in [5, 5.41) is 4.50. The van der Waals surface area contributed by atoms with E-state index in [2.05, 4.69) is 15.2 Å². The third kappa shape index (κ3) is 4.60. The van der Waals surface area contributed by atoms with E-state index < -0.39 is 11.7 Å². The number of thiazole rings is 1. The van der Waals surface area contributed by atoms with Crippen molar-refractivity contribution in [2.45, 2.75) is 31.7 Å². The van der Waals surface area contributed by atoms with Crippen molar-refractivity contribution in [1.29, 1.82) is 0 Å². The van der Waals surface area contributed by atoms with Gasteiger partial charge in [0.15, 0.2) is 5.13 Å². The predicted molar refractivity (Wildman–Crippen MR) is 111 cm³/mol. The Hall–Kier alpha value is -2.03. The van der Waals surface area contributed by atoms with E-state index in [9.17, 15) is 14.0 Å². The first-order valence-corrected chi connectivity index (χ1v) is 11.0. The van der Waals surface area contributed by atoms with E-state index in [1.165, 1.54) is 49.4 Å². The van der Waals surface area contributed by atoms with E-state index in [1.54, 1.807) is 5.38 Å². The molecule has 0 radical (unpaired) electrons. The Bertz CT molecular complexity index is 908. The van der Waals surface area contributed by atoms with Crippen molar-refractivity contribution in [3.8, 4) is 0 Å². The summed E-state index contributed by atoms with van der Waals surface area (Å²) in [4.78, 5) is 33.7. The van der Waals surface area contributed by atoms with E-state index in [-0.39, 0.29) is 16.5 Å². The molecule has 0 aliphatic carbocycles. The van der Waals surface area contributed by atoms with Gasteiger partial charge >= 0.3 is 0 Å². The molecule has 0 spiro atoms. The summed E-state index contributed by atoms with van der Waals surface area (Å²) >= 11 is 6.91. The molecule has 1 N–H and O–H groups in total. The van der Waals surface area contributed by atoms with Gasteiger partial charge in [0.25, 0.3) is 11.8 Å². The van der Waals surface area contributed by atoms with Gasteiger partial charge in [0.1, 0.15) is 11.5 Å². The molecule has 29 heavy (non-hydrogen) atoms. The number of piperidine rings is 1. The van der Waals surface area contributed by atoms with Crippen LogP contribution in [0, 0.1) is 5.82 Å². The van der Waals surface area contributed by atoms with Crippen molar-refractivity contribution in [2.24, 2.45) is 0 Å². The van der Waals surface area contributed by atoms with Crippen LogP contribution in [0.2, 0.25) is 5.02 Å². The lowest BCUT2D eigenvalue weighted by molar-refractivity contribution is 0.0639. The second-order valence-electron chi connectivity index (χ2n) is 7.39. The normalized spacial score (nSPS) is 18.2. The van der Waals surface area contributed by atoms with Gasteiger partial charge in [0, 0.05) is 30.1 Å². The summed E-state index contributed by atoms with van der Waals surface area (Å²) in [6.07, 6.45) is 4.53. The van der Waals surface area contributed by atoms with E-state index >= 15 is 0 Å². The van der Waals surface area contributed by atoms with Gasteiger partial charge in [-0.05, 0) is 57.0 Å². The molecule has 2 fully saturated rings. The Labute approximate surface area is 177 Å².